The number of amides is 2. The first-order valence-electron chi connectivity index (χ1n) is 13.1. The van der Waals surface area contributed by atoms with E-state index in [1.54, 1.807) is 41.3 Å². The number of fused-ring (bicyclic) bond motifs is 2. The summed E-state index contributed by atoms with van der Waals surface area (Å²) in [5.74, 6) is -1.81. The van der Waals surface area contributed by atoms with Crippen LogP contribution in [0.15, 0.2) is 54.1 Å². The molecule has 0 radical (unpaired) electrons. The second-order valence-corrected chi connectivity index (χ2v) is 9.73. The molecule has 2 aromatic rings. The third kappa shape index (κ3) is 4.06. The summed E-state index contributed by atoms with van der Waals surface area (Å²) < 4.78 is 10.7. The molecule has 9 nitrogen and oxygen atoms in total. The van der Waals surface area contributed by atoms with E-state index < -0.39 is 17.2 Å². The molecular formula is C29H33N3O6. The largest absolute Gasteiger partial charge is 0.507 e. The first-order chi connectivity index (χ1) is 18.4. The van der Waals surface area contributed by atoms with Crippen molar-refractivity contribution in [3.05, 3.63) is 65.2 Å². The van der Waals surface area contributed by atoms with Gasteiger partial charge in [0, 0.05) is 43.9 Å². The summed E-state index contributed by atoms with van der Waals surface area (Å²) >= 11 is 0. The minimum Gasteiger partial charge on any atom is -0.507 e. The van der Waals surface area contributed by atoms with Crippen molar-refractivity contribution in [2.24, 2.45) is 0 Å². The molecule has 1 spiro atoms. The van der Waals surface area contributed by atoms with E-state index in [4.69, 9.17) is 9.47 Å². The number of benzene rings is 2. The Morgan fingerprint density at radius 1 is 1.00 bits per heavy atom. The van der Waals surface area contributed by atoms with E-state index >= 15 is 0 Å². The molecule has 0 aliphatic carbocycles. The Kier molecular flexibility index (Phi) is 7.23. The molecule has 0 bridgehead atoms. The van der Waals surface area contributed by atoms with Crippen LogP contribution in [0.5, 0.6) is 5.75 Å². The lowest BCUT2D eigenvalue weighted by Crippen LogP contribution is -2.52. The molecule has 1 atom stereocenters. The highest BCUT2D eigenvalue weighted by atomic mass is 16.5. The summed E-state index contributed by atoms with van der Waals surface area (Å²) in [5, 5.41) is 11.6. The van der Waals surface area contributed by atoms with Crippen LogP contribution < -0.4 is 9.64 Å². The van der Waals surface area contributed by atoms with Gasteiger partial charge in [-0.25, -0.2) is 0 Å². The Morgan fingerprint density at radius 2 is 1.71 bits per heavy atom. The Labute approximate surface area is 222 Å². The number of rotatable bonds is 8. The molecule has 2 amide bonds. The van der Waals surface area contributed by atoms with E-state index in [1.165, 1.54) is 12.0 Å². The maximum absolute atomic E-state index is 14.4. The van der Waals surface area contributed by atoms with Crippen LogP contribution in [0.4, 0.5) is 5.69 Å². The smallest absolute Gasteiger partial charge is 0.296 e. The lowest BCUT2D eigenvalue weighted by atomic mass is 9.82. The third-order valence-corrected chi connectivity index (χ3v) is 7.58. The van der Waals surface area contributed by atoms with Gasteiger partial charge in [0.1, 0.15) is 11.5 Å². The van der Waals surface area contributed by atoms with Crippen LogP contribution in [0.3, 0.4) is 0 Å². The Bertz CT molecular complexity index is 1270. The molecular weight excluding hydrogens is 486 g/mol. The first kappa shape index (κ1) is 25.9. The zero-order chi connectivity index (χ0) is 26.9. The molecule has 38 heavy (non-hydrogen) atoms. The van der Waals surface area contributed by atoms with Crippen molar-refractivity contribution in [1.82, 2.24) is 9.80 Å². The molecule has 1 N–H and O–H groups in total. The number of Topliss-reactive ketones (excluding diaryl/α,β-unsaturated/α-hetero) is 1. The number of hydrogen-bond donors (Lipinski definition) is 1. The zero-order valence-electron chi connectivity index (χ0n) is 21.8. The molecule has 1 unspecified atom stereocenters. The Hall–Kier alpha value is -3.69. The molecule has 200 valence electrons. The number of anilines is 1. The molecule has 0 saturated carbocycles. The van der Waals surface area contributed by atoms with Gasteiger partial charge in [0.15, 0.2) is 5.54 Å². The van der Waals surface area contributed by atoms with Crippen LogP contribution in [-0.2, 0) is 24.7 Å². The fraction of sp³-hybridized carbons (Fsp3) is 0.414. The minimum atomic E-state index is -1.73. The van der Waals surface area contributed by atoms with Gasteiger partial charge in [0.05, 0.1) is 31.6 Å². The summed E-state index contributed by atoms with van der Waals surface area (Å²) in [7, 11) is 1.53. The van der Waals surface area contributed by atoms with Gasteiger partial charge >= 0.3 is 0 Å². The predicted molar refractivity (Wildman–Crippen MR) is 142 cm³/mol. The van der Waals surface area contributed by atoms with Gasteiger partial charge in [-0.1, -0.05) is 25.1 Å². The van der Waals surface area contributed by atoms with E-state index in [2.05, 4.69) is 4.90 Å². The maximum atomic E-state index is 14.4. The van der Waals surface area contributed by atoms with Crippen molar-refractivity contribution in [3.8, 4) is 5.75 Å². The quantitative estimate of drug-likeness (QED) is 0.325. The fourth-order valence-electron chi connectivity index (χ4n) is 5.78. The molecule has 2 saturated heterocycles. The summed E-state index contributed by atoms with van der Waals surface area (Å²) in [6, 6.07) is 13.8. The number of likely N-dealkylation sites (tertiary alicyclic amines) is 1. The minimum absolute atomic E-state index is 0.185. The number of carbonyl (C=O) groups excluding carboxylic acids is 3. The number of aliphatic hydroxyl groups is 1. The van der Waals surface area contributed by atoms with Crippen molar-refractivity contribution in [1.29, 1.82) is 0 Å². The monoisotopic (exact) mass is 519 g/mol. The van der Waals surface area contributed by atoms with Crippen LogP contribution in [0.1, 0.15) is 30.9 Å². The number of nitrogens with zero attached hydrogens (tertiary/aromatic N) is 3. The normalized spacial score (nSPS) is 22.9. The molecule has 2 aromatic carbocycles. The van der Waals surface area contributed by atoms with Crippen LogP contribution in [0.2, 0.25) is 0 Å². The van der Waals surface area contributed by atoms with E-state index in [0.717, 1.165) is 13.1 Å². The molecule has 3 heterocycles. The van der Waals surface area contributed by atoms with Crippen molar-refractivity contribution in [2.75, 3.05) is 57.9 Å². The summed E-state index contributed by atoms with van der Waals surface area (Å²) in [4.78, 5) is 46.9. The molecule has 0 aromatic heterocycles. The van der Waals surface area contributed by atoms with E-state index in [9.17, 15) is 19.5 Å². The van der Waals surface area contributed by atoms with E-state index in [0.29, 0.717) is 61.7 Å². The summed E-state index contributed by atoms with van der Waals surface area (Å²) in [5.41, 5.74) is -0.389. The molecule has 9 heteroatoms. The summed E-state index contributed by atoms with van der Waals surface area (Å²) in [6.45, 7) is 6.21. The Balaban J connectivity index is 1.64. The van der Waals surface area contributed by atoms with Gasteiger partial charge in [0.25, 0.3) is 17.6 Å². The van der Waals surface area contributed by atoms with Crippen molar-refractivity contribution in [3.63, 3.8) is 0 Å². The number of carbonyl (C=O) groups is 3. The van der Waals surface area contributed by atoms with Gasteiger partial charge in [-0.15, -0.1) is 0 Å². The molecule has 2 fully saturated rings. The van der Waals surface area contributed by atoms with Crippen molar-refractivity contribution < 1.29 is 29.0 Å². The highest BCUT2D eigenvalue weighted by Crippen LogP contribution is 2.53. The summed E-state index contributed by atoms with van der Waals surface area (Å²) in [6.07, 6.45) is 1.26. The van der Waals surface area contributed by atoms with E-state index in [1.807, 2.05) is 19.1 Å². The van der Waals surface area contributed by atoms with Crippen LogP contribution in [0.25, 0.3) is 5.76 Å². The van der Waals surface area contributed by atoms with Crippen molar-refractivity contribution in [2.45, 2.75) is 25.3 Å². The number of hydrogen-bond acceptors (Lipinski definition) is 7. The topological polar surface area (TPSA) is 99.6 Å². The van der Waals surface area contributed by atoms with E-state index in [-0.39, 0.29) is 23.8 Å². The number of ether oxygens (including phenoxy) is 2. The SMILES string of the molecule is CCCN1C(=O)C2(/C(=C(/O)c3ccc(OC)cc3)C(=O)C(=O)N2CCCN2CCOCC2)c2ccccc21. The number of para-hydroxylation sites is 1. The first-order valence-corrected chi connectivity index (χ1v) is 13.1. The average molecular weight is 520 g/mol. The standard InChI is InChI=1S/C29H33N3O6/c1-3-13-31-23-8-5-4-7-22(23)29(28(31)36)24(25(33)20-9-11-21(37-2)12-10-20)26(34)27(35)32(29)15-6-14-30-16-18-38-19-17-30/h4-5,7-12,33H,3,6,13-19H2,1-2H3/b25-24+. The number of morpholine rings is 1. The molecule has 3 aliphatic heterocycles. The second kappa shape index (κ2) is 10.6. The van der Waals surface area contributed by atoms with Crippen LogP contribution >= 0.6 is 0 Å². The van der Waals surface area contributed by atoms with Gasteiger partial charge in [-0.05, 0) is 43.2 Å². The van der Waals surface area contributed by atoms with Crippen molar-refractivity contribution >= 4 is 29.0 Å². The molecule has 5 rings (SSSR count). The lowest BCUT2D eigenvalue weighted by molar-refractivity contribution is -0.143. The van der Waals surface area contributed by atoms with Gasteiger partial charge in [0.2, 0.25) is 0 Å². The number of aliphatic hydroxyl groups excluding tert-OH is 1. The maximum Gasteiger partial charge on any atom is 0.296 e. The molecule has 3 aliphatic rings. The second-order valence-electron chi connectivity index (χ2n) is 9.73. The average Bonchev–Trinajstić information content (AvgIpc) is 3.32. The van der Waals surface area contributed by atoms with Gasteiger partial charge in [-0.3, -0.25) is 19.3 Å². The highest BCUT2D eigenvalue weighted by Gasteiger charge is 2.66. The van der Waals surface area contributed by atoms with Gasteiger partial charge in [-0.2, -0.15) is 0 Å². The fourth-order valence-corrected chi connectivity index (χ4v) is 5.78. The zero-order valence-corrected chi connectivity index (χ0v) is 21.8. The third-order valence-electron chi connectivity index (χ3n) is 7.58. The van der Waals surface area contributed by atoms with Crippen LogP contribution in [0, 0.1) is 0 Å². The Morgan fingerprint density at radius 3 is 2.39 bits per heavy atom. The highest BCUT2D eigenvalue weighted by molar-refractivity contribution is 6.50. The lowest BCUT2D eigenvalue weighted by Gasteiger charge is -2.35. The van der Waals surface area contributed by atoms with Crippen LogP contribution in [-0.4, -0.2) is 85.6 Å². The van der Waals surface area contributed by atoms with Gasteiger partial charge < -0.3 is 24.4 Å². The number of methoxy groups -OCH3 is 1. The predicted octanol–water partition coefficient (Wildman–Crippen LogP) is 2.75. The number of ketones is 1.